The number of esters is 3. The third-order valence-corrected chi connectivity index (χ3v) is 23.1. The van der Waals surface area contributed by atoms with Crippen LogP contribution in [0.2, 0.25) is 0 Å². The van der Waals surface area contributed by atoms with Gasteiger partial charge in [0.15, 0.2) is 34.8 Å². The molecule has 3 rings (SSSR count). The summed E-state index contributed by atoms with van der Waals surface area (Å²) in [6.45, 7) is 39.7. The second kappa shape index (κ2) is 84.8. The predicted molar refractivity (Wildman–Crippen MR) is 540 cm³/mol. The van der Waals surface area contributed by atoms with Gasteiger partial charge in [-0.1, -0.05) is 214 Å². The number of hydroxylamine groups is 5. The van der Waals surface area contributed by atoms with Crippen LogP contribution in [0.1, 0.15) is 152 Å². The maximum Gasteiger partial charge on any atom is 1.00 e. The number of nitrogens with two attached hydrogens (primary N) is 1. The fourth-order valence-electron chi connectivity index (χ4n) is 11.3. The number of carboxylic acid groups (broad SMARTS) is 3. The van der Waals surface area contributed by atoms with Gasteiger partial charge in [-0.3, -0.25) is 38.4 Å². The Labute approximate surface area is 844 Å². The summed E-state index contributed by atoms with van der Waals surface area (Å²) in [4.78, 5) is 172. The number of benzene rings is 3. The van der Waals surface area contributed by atoms with Gasteiger partial charge in [-0.2, -0.15) is 13.2 Å². The number of hydrogen-bond acceptors (Lipinski definition) is 25. The van der Waals surface area contributed by atoms with E-state index in [2.05, 4.69) is 76.9 Å². The van der Waals surface area contributed by atoms with Crippen molar-refractivity contribution in [2.24, 2.45) is 47.2 Å². The van der Waals surface area contributed by atoms with Crippen molar-refractivity contribution in [1.29, 1.82) is 0 Å². The number of rotatable bonds is 34. The molecule has 47 heteroatoms. The molecule has 35 nitrogen and oxygen atoms in total. The summed E-state index contributed by atoms with van der Waals surface area (Å²) in [6, 6.07) is 27.7. The van der Waals surface area contributed by atoms with Gasteiger partial charge in [0.05, 0.1) is 53.2 Å². The fourth-order valence-corrected chi connectivity index (χ4v) is 15.6. The van der Waals surface area contributed by atoms with Crippen molar-refractivity contribution in [3.63, 3.8) is 0 Å². The molecule has 8 atom stereocenters. The molecule has 3 aromatic rings. The quantitative estimate of drug-likeness (QED) is 0.00524. The smallest absolute Gasteiger partial charge is 0.837 e. The number of aliphatic carboxylic acids is 3. The first-order chi connectivity index (χ1) is 62.9. The van der Waals surface area contributed by atoms with E-state index in [1.807, 2.05) is 158 Å². The van der Waals surface area contributed by atoms with Crippen LogP contribution in [-0.4, -0.2) is 351 Å². The summed E-state index contributed by atoms with van der Waals surface area (Å²) >= 11 is 0. The van der Waals surface area contributed by atoms with E-state index in [1.165, 1.54) is 88.2 Å². The minimum Gasteiger partial charge on any atom is -0.837 e. The number of amides is 7. The summed E-state index contributed by atoms with van der Waals surface area (Å²) in [7, 11) is 50.2. The molecule has 0 aromatic heterocycles. The molecule has 0 heterocycles. The molecular formula is C91H153B6ClF3LiN11O24P. The predicted octanol–water partition coefficient (Wildman–Crippen LogP) is 6.03. The molecule has 8 N–H and O–H groups in total. The average molecular weight is 1980 g/mol. The molecule has 0 saturated carbocycles. The normalized spacial score (nSPS) is 12.2. The number of carbonyl (C=O) groups is 14. The summed E-state index contributed by atoms with van der Waals surface area (Å²) in [5.41, 5.74) is 8.08. The molecule has 0 saturated heterocycles. The molecule has 0 spiro atoms. The zero-order chi connectivity index (χ0) is 109. The van der Waals surface area contributed by atoms with Crippen molar-refractivity contribution in [3.05, 3.63) is 114 Å². The van der Waals surface area contributed by atoms with Crippen LogP contribution in [0.3, 0.4) is 0 Å². The zero-order valence-corrected chi connectivity index (χ0v) is 89.5. The SMILES string of the molecule is CC.CCOC(=O)/C(C)=C/[C@@H](NC)C(C)C.CCOC(=O)C(C)=P(c1ccccc1)(c1ccccc1)c1ccccc1.CN.CNOC.Cl.O=C(O)C(F)(F)F.[B]C(=O)N(C)[C@@H](C(C)C)C([O-])N(C)OC.[B]C(=O)N(C)[C@H](/C=C(\C)C(=O)OCC)C(C)C.[B]C(=O)N(C)[C@H](C(=O)N(C)OC)C(C)C.[B]C(=O)N(C)[C@H](C(=O)O)C(C)C.[B]C(=O)N(C)[C@H](C=O)C(C)C.[B]C(=O)N[C@H](C(=O)O)C(C)C.[Li+]. The molecule has 12 radical (unpaired) electrons. The number of ether oxygens (including phenoxy) is 3. The maximum absolute atomic E-state index is 12.9. The fraction of sp³-hybridized carbons (Fsp3) is 0.593. The van der Waals surface area contributed by atoms with Crippen LogP contribution in [0, 0.1) is 41.4 Å². The van der Waals surface area contributed by atoms with Crippen LogP contribution < -0.4 is 61.7 Å². The average Bonchev–Trinajstić information content (AvgIpc) is 0.737. The first-order valence-corrected chi connectivity index (χ1v) is 45.0. The number of carbonyl (C=O) groups excluding carboxylic acids is 11. The summed E-state index contributed by atoms with van der Waals surface area (Å²) in [5.74, 6) is -9.48. The Morgan fingerprint density at radius 3 is 0.993 bits per heavy atom. The topological polar surface area (TPSA) is 463 Å². The minimum atomic E-state index is -5.08. The number of halogens is 4. The molecule has 0 bridgehead atoms. The molecule has 768 valence electrons. The number of hydrogen-bond donors (Lipinski definition) is 7. The van der Waals surface area contributed by atoms with E-state index >= 15 is 0 Å². The molecule has 3 aromatic carbocycles. The van der Waals surface area contributed by atoms with E-state index in [-0.39, 0.29) is 103 Å². The van der Waals surface area contributed by atoms with Crippen LogP contribution in [0.5, 0.6) is 0 Å². The van der Waals surface area contributed by atoms with Crippen molar-refractivity contribution in [2.75, 3.05) is 112 Å². The van der Waals surface area contributed by atoms with Gasteiger partial charge >= 0.3 is 60.9 Å². The zero-order valence-electron chi connectivity index (χ0n) is 87.8. The number of aldehydes is 1. The van der Waals surface area contributed by atoms with Crippen molar-refractivity contribution >= 4 is 170 Å². The monoisotopic (exact) mass is 1980 g/mol. The van der Waals surface area contributed by atoms with Gasteiger partial charge in [0, 0.05) is 84.9 Å². The first kappa shape index (κ1) is 152. The number of nitrogens with zero attached hydrogens (tertiary/aromatic N) is 7. The van der Waals surface area contributed by atoms with E-state index in [0.29, 0.717) is 36.9 Å². The Bertz CT molecular complexity index is 3950. The van der Waals surface area contributed by atoms with E-state index in [1.54, 1.807) is 75.7 Å². The Morgan fingerprint density at radius 1 is 0.478 bits per heavy atom. The van der Waals surface area contributed by atoms with Crippen LogP contribution >= 0.6 is 19.3 Å². The van der Waals surface area contributed by atoms with E-state index < -0.39 is 102 Å². The second-order valence-electron chi connectivity index (χ2n) is 30.9. The Morgan fingerprint density at radius 2 is 0.790 bits per heavy atom. The minimum absolute atomic E-state index is 0. The van der Waals surface area contributed by atoms with E-state index in [9.17, 15) is 80.6 Å². The summed E-state index contributed by atoms with van der Waals surface area (Å²) in [5, 5.41) is 48.0. The molecule has 7 amide bonds. The van der Waals surface area contributed by atoms with Crippen molar-refractivity contribution in [3.8, 4) is 0 Å². The standard InChI is InChI=1S/C23H23O2P.C12H20BNO3.C11H21NO2.C9H18BN2O3.C9H17BN2O3.C7H12BNO3.C7H12BNO2.C6H10BNO3.C2HF3O2.C2H7NO.C2H6.CH5N.ClH.Li/c1-3-25-23(24)19(2)26(20-13-7-4-8-14-20,21-15-9-5-10-16-21)22-17-11-6-12-18-22;1-6-17-11(15)9(4)7-10(8(2)3)14(5)12(13)16;1-6-14-11(13)9(4)7-10(12-5)8(2)3;2*1-6(2)7(11(3)9(10)14)8(13)12(4)15-5;1-4(2)5(6(10)11)9(3)7(8)12;1-5(2)6(4-10)9(3)7(8)11;1-3(2)4(5(9)10)8-6(7)11;3-2(4,5)1(6)7;1-3-4-2;2*1-2;;/h4-18H,3H2,1-2H3;7-8,10H,6H2,1-5H3;7-8,10,12H,6H2,1-5H3;6-8H,1-5H3;6-7H,1-5H3;4-5H,1-3H3,(H,10,11);4-6H,1-3H3;3-4H,1-2H3,(H,8,11)(H,9,10);(H,6,7);3H,1-2H3;1-2H3;2H2,1H3;1H;/q;;;-1;;;;;;;;;;+1/b;2*9-7+;;;;;;;;;;;/t;2*10-;7-,8?;7-;5-;6-;4-;;;;;;/m.1100010....../s1. The molecule has 138 heavy (non-hydrogen) atoms. The largest absolute Gasteiger partial charge is 1.00 e. The molecule has 0 fully saturated rings. The number of alkyl halides is 3. The van der Waals surface area contributed by atoms with Crippen LogP contribution in [0.4, 0.5) is 41.9 Å². The Hall–Kier alpha value is -9.03. The third kappa shape index (κ3) is 62.9. The number of nitrogens with one attached hydrogen (secondary N) is 3. The van der Waals surface area contributed by atoms with Gasteiger partial charge in [-0.25, -0.2) is 44.4 Å². The second-order valence-corrected chi connectivity index (χ2v) is 34.5. The molecule has 1 unspecified atom stereocenters. The van der Waals surface area contributed by atoms with Crippen molar-refractivity contribution in [2.45, 2.75) is 207 Å². The molecule has 0 aliphatic heterocycles. The maximum atomic E-state index is 12.9. The molecular weight excluding hydrogens is 1830 g/mol. The molecule has 0 aliphatic rings. The van der Waals surface area contributed by atoms with Gasteiger partial charge in [-0.15, -0.1) is 12.4 Å². The van der Waals surface area contributed by atoms with Crippen LogP contribution in [-0.2, 0) is 67.1 Å². The van der Waals surface area contributed by atoms with Crippen molar-refractivity contribution in [1.82, 2.24) is 50.7 Å². The van der Waals surface area contributed by atoms with Gasteiger partial charge in [0.2, 0.25) is 47.1 Å². The first-order valence-electron chi connectivity index (χ1n) is 43.2. The van der Waals surface area contributed by atoms with Crippen molar-refractivity contribution < 1.29 is 148 Å². The summed E-state index contributed by atoms with van der Waals surface area (Å²) in [6.07, 6.45) is -1.88. The van der Waals surface area contributed by atoms with Gasteiger partial charge in [-0.05, 0) is 126 Å². The van der Waals surface area contributed by atoms with Gasteiger partial charge in [0.1, 0.15) is 24.4 Å². The Balaban J connectivity index is -0.000000147. The van der Waals surface area contributed by atoms with Gasteiger partial charge < -0.3 is 90.0 Å². The van der Waals surface area contributed by atoms with Gasteiger partial charge in [0.25, 0.3) is 5.91 Å². The van der Waals surface area contributed by atoms with E-state index in [0.717, 1.165) is 37.5 Å². The van der Waals surface area contributed by atoms with Crippen LogP contribution in [0.15, 0.2) is 114 Å². The third-order valence-electron chi connectivity index (χ3n) is 18.7. The van der Waals surface area contributed by atoms with Crippen LogP contribution in [0.25, 0.3) is 0 Å². The Kier molecular flexibility index (Phi) is 93.3. The number of likely N-dealkylation sites (N-methyl/N-ethyl adjacent to an activating group) is 8. The molecule has 0 aliphatic carbocycles. The van der Waals surface area contributed by atoms with E-state index in [4.69, 9.17) is 91.1 Å². The summed E-state index contributed by atoms with van der Waals surface area (Å²) < 4.78 is 46.9. The number of carboxylic acids is 3.